The van der Waals surface area contributed by atoms with E-state index in [0.29, 0.717) is 27.9 Å². The summed E-state index contributed by atoms with van der Waals surface area (Å²) in [6.45, 7) is 0.407. The quantitative estimate of drug-likeness (QED) is 0.727. The van der Waals surface area contributed by atoms with Gasteiger partial charge in [0.15, 0.2) is 5.65 Å². The van der Waals surface area contributed by atoms with Crippen molar-refractivity contribution in [1.29, 1.82) is 0 Å². The van der Waals surface area contributed by atoms with Gasteiger partial charge in [0.05, 0.1) is 12.2 Å². The van der Waals surface area contributed by atoms with Crippen LogP contribution in [0.5, 0.6) is 0 Å². The molecule has 0 aliphatic rings. The Kier molecular flexibility index (Phi) is 4.32. The molecule has 7 heteroatoms. The lowest BCUT2D eigenvalue weighted by Crippen LogP contribution is -2.03. The Hall–Kier alpha value is -2.37. The molecule has 5 nitrogen and oxygen atoms in total. The first kappa shape index (κ1) is 15.5. The normalized spacial score (nSPS) is 11.4. The Morgan fingerprint density at radius 2 is 2.13 bits per heavy atom. The lowest BCUT2D eigenvalue weighted by atomic mass is 10.2. The van der Waals surface area contributed by atoms with Crippen molar-refractivity contribution in [3.63, 3.8) is 0 Å². The van der Waals surface area contributed by atoms with Crippen molar-refractivity contribution in [2.75, 3.05) is 0 Å². The molecule has 0 saturated heterocycles. The fourth-order valence-corrected chi connectivity index (χ4v) is 2.70. The van der Waals surface area contributed by atoms with Gasteiger partial charge >= 0.3 is 5.97 Å². The summed E-state index contributed by atoms with van der Waals surface area (Å²) < 4.78 is 1.69. The molecule has 3 aromatic rings. The van der Waals surface area contributed by atoms with E-state index in [1.807, 2.05) is 12.1 Å². The highest BCUT2D eigenvalue weighted by Gasteiger charge is 2.11. The van der Waals surface area contributed by atoms with Crippen molar-refractivity contribution >= 4 is 46.3 Å². The maximum absolute atomic E-state index is 10.7. The van der Waals surface area contributed by atoms with E-state index in [9.17, 15) is 4.79 Å². The number of aromatic nitrogens is 3. The van der Waals surface area contributed by atoms with Gasteiger partial charge in [-0.2, -0.15) is 5.10 Å². The fourth-order valence-electron chi connectivity index (χ4n) is 2.23. The van der Waals surface area contributed by atoms with Crippen LogP contribution in [0.15, 0.2) is 42.6 Å². The van der Waals surface area contributed by atoms with Crippen molar-refractivity contribution in [1.82, 2.24) is 14.8 Å². The van der Waals surface area contributed by atoms with Gasteiger partial charge in [-0.15, -0.1) is 0 Å². The van der Waals surface area contributed by atoms with Crippen molar-refractivity contribution in [2.45, 2.75) is 6.54 Å². The van der Waals surface area contributed by atoms with Crippen LogP contribution in [-0.2, 0) is 11.3 Å². The lowest BCUT2D eigenvalue weighted by Gasteiger charge is -2.05. The molecule has 0 radical (unpaired) electrons. The zero-order valence-corrected chi connectivity index (χ0v) is 13.3. The molecule has 0 bridgehead atoms. The van der Waals surface area contributed by atoms with Gasteiger partial charge in [-0.25, -0.2) is 14.5 Å². The Balaban J connectivity index is 2.05. The predicted octanol–water partition coefficient (Wildman–Crippen LogP) is 3.88. The number of nitrogens with zero attached hydrogens (tertiary/aromatic N) is 3. The minimum Gasteiger partial charge on any atom is -0.478 e. The van der Waals surface area contributed by atoms with E-state index >= 15 is 0 Å². The van der Waals surface area contributed by atoms with Gasteiger partial charge in [-0.1, -0.05) is 29.3 Å². The number of pyridine rings is 1. The molecule has 0 aliphatic heterocycles. The van der Waals surface area contributed by atoms with Gasteiger partial charge in [-0.3, -0.25) is 0 Å². The van der Waals surface area contributed by atoms with Crippen molar-refractivity contribution < 1.29 is 9.90 Å². The highest BCUT2D eigenvalue weighted by molar-refractivity contribution is 6.35. The summed E-state index contributed by atoms with van der Waals surface area (Å²) in [6, 6.07) is 8.88. The van der Waals surface area contributed by atoms with Gasteiger partial charge in [0.25, 0.3) is 0 Å². The fraction of sp³-hybridized carbons (Fsp3) is 0.0625. The minimum absolute atomic E-state index is 0.407. The van der Waals surface area contributed by atoms with Crippen LogP contribution in [0.3, 0.4) is 0 Å². The van der Waals surface area contributed by atoms with Crippen molar-refractivity contribution in [3.8, 4) is 0 Å². The molecule has 0 aliphatic carbocycles. The van der Waals surface area contributed by atoms with E-state index in [0.717, 1.165) is 17.0 Å². The first-order valence-corrected chi connectivity index (χ1v) is 7.46. The molecule has 1 aromatic carbocycles. The topological polar surface area (TPSA) is 68.0 Å². The molecule has 0 unspecified atom stereocenters. The summed E-state index contributed by atoms with van der Waals surface area (Å²) in [6.07, 6.45) is 4.16. The second kappa shape index (κ2) is 6.40. The number of hydrogen-bond acceptors (Lipinski definition) is 3. The number of aliphatic carboxylic acids is 1. The van der Waals surface area contributed by atoms with Crippen LogP contribution in [0.4, 0.5) is 0 Å². The molecular formula is C16H11Cl2N3O2. The molecule has 3 rings (SSSR count). The Morgan fingerprint density at radius 1 is 1.30 bits per heavy atom. The molecule has 0 fully saturated rings. The number of carbonyl (C=O) groups is 1. The van der Waals surface area contributed by atoms with Gasteiger partial charge in [0, 0.05) is 27.7 Å². The molecule has 23 heavy (non-hydrogen) atoms. The average Bonchev–Trinajstić information content (AvgIpc) is 2.86. The monoisotopic (exact) mass is 347 g/mol. The van der Waals surface area contributed by atoms with E-state index in [1.54, 1.807) is 29.1 Å². The highest BCUT2D eigenvalue weighted by atomic mass is 35.5. The molecular weight excluding hydrogens is 337 g/mol. The lowest BCUT2D eigenvalue weighted by molar-refractivity contribution is -0.131. The third kappa shape index (κ3) is 3.36. The largest absolute Gasteiger partial charge is 0.478 e. The standard InChI is InChI=1S/C16H11Cl2N3O2/c17-11-4-3-10(13(18)8-11)9-21-16-12(2-1-7-19-16)14(20-21)5-6-15(22)23/h1-8H,9H2,(H,22,23)/b6-5+. The van der Waals surface area contributed by atoms with E-state index in [-0.39, 0.29) is 0 Å². The highest BCUT2D eigenvalue weighted by Crippen LogP contribution is 2.24. The number of rotatable bonds is 4. The maximum atomic E-state index is 10.7. The first-order chi connectivity index (χ1) is 11.0. The number of fused-ring (bicyclic) bond motifs is 1. The van der Waals surface area contributed by atoms with Crippen molar-refractivity contribution in [3.05, 3.63) is 63.9 Å². The molecule has 0 spiro atoms. The van der Waals surface area contributed by atoms with Crippen molar-refractivity contribution in [2.24, 2.45) is 0 Å². The molecule has 2 aromatic heterocycles. The van der Waals surface area contributed by atoms with Crippen LogP contribution in [0.25, 0.3) is 17.1 Å². The zero-order chi connectivity index (χ0) is 16.4. The zero-order valence-electron chi connectivity index (χ0n) is 11.8. The predicted molar refractivity (Wildman–Crippen MR) is 89.8 cm³/mol. The van der Waals surface area contributed by atoms with E-state index in [4.69, 9.17) is 28.3 Å². The molecule has 2 heterocycles. The van der Waals surface area contributed by atoms with E-state index in [1.165, 1.54) is 6.08 Å². The van der Waals surface area contributed by atoms with Crippen LogP contribution in [0.1, 0.15) is 11.3 Å². The molecule has 116 valence electrons. The van der Waals surface area contributed by atoms with E-state index < -0.39 is 5.97 Å². The summed E-state index contributed by atoms with van der Waals surface area (Å²) in [7, 11) is 0. The molecule has 0 amide bonds. The van der Waals surface area contributed by atoms with Gasteiger partial charge < -0.3 is 5.11 Å². The van der Waals surface area contributed by atoms with Gasteiger partial charge in [0.1, 0.15) is 0 Å². The third-order valence-corrected chi connectivity index (χ3v) is 3.84. The SMILES string of the molecule is O=C(O)/C=C/c1nn(Cc2ccc(Cl)cc2Cl)c2ncccc12. The van der Waals surface area contributed by atoms with Gasteiger partial charge in [0.2, 0.25) is 0 Å². The number of halogens is 2. The van der Waals surface area contributed by atoms with Gasteiger partial charge in [-0.05, 0) is 35.9 Å². The van der Waals surface area contributed by atoms with Crippen LogP contribution in [0.2, 0.25) is 10.0 Å². The van der Waals surface area contributed by atoms with Crippen LogP contribution in [0, 0.1) is 0 Å². The average molecular weight is 348 g/mol. The summed E-state index contributed by atoms with van der Waals surface area (Å²) >= 11 is 12.1. The first-order valence-electron chi connectivity index (χ1n) is 6.71. The summed E-state index contributed by atoms with van der Waals surface area (Å²) in [5.41, 5.74) is 2.05. The maximum Gasteiger partial charge on any atom is 0.328 e. The Labute approximate surface area is 141 Å². The van der Waals surface area contributed by atoms with Crippen LogP contribution >= 0.6 is 23.2 Å². The number of hydrogen-bond donors (Lipinski definition) is 1. The van der Waals surface area contributed by atoms with Crippen LogP contribution < -0.4 is 0 Å². The second-order valence-corrected chi connectivity index (χ2v) is 5.67. The number of carboxylic acids is 1. The number of carboxylic acid groups (broad SMARTS) is 1. The summed E-state index contributed by atoms with van der Waals surface area (Å²) in [4.78, 5) is 15.0. The molecule has 1 N–H and O–H groups in total. The number of benzene rings is 1. The summed E-state index contributed by atoms with van der Waals surface area (Å²) in [5, 5.41) is 15.1. The second-order valence-electron chi connectivity index (χ2n) is 4.82. The molecule has 0 atom stereocenters. The molecule has 0 saturated carbocycles. The van der Waals surface area contributed by atoms with E-state index in [2.05, 4.69) is 10.1 Å². The summed E-state index contributed by atoms with van der Waals surface area (Å²) in [5.74, 6) is -1.03. The third-order valence-electron chi connectivity index (χ3n) is 3.25. The Morgan fingerprint density at radius 3 is 2.87 bits per heavy atom. The minimum atomic E-state index is -1.03. The van der Waals surface area contributed by atoms with Crippen LogP contribution in [-0.4, -0.2) is 25.8 Å². The smallest absolute Gasteiger partial charge is 0.328 e. The Bertz CT molecular complexity index is 919.